The number of likely N-dealkylation sites (tertiary alicyclic amines) is 1. The lowest BCUT2D eigenvalue weighted by Gasteiger charge is -2.34. The van der Waals surface area contributed by atoms with E-state index in [2.05, 4.69) is 10.1 Å². The van der Waals surface area contributed by atoms with Crippen LogP contribution in [0.15, 0.2) is 27.3 Å². The van der Waals surface area contributed by atoms with E-state index in [0.717, 1.165) is 69.3 Å². The number of rotatable bonds is 4. The Hall–Kier alpha value is -2.12. The first kappa shape index (κ1) is 17.3. The second-order valence-corrected chi connectivity index (χ2v) is 7.06. The Morgan fingerprint density at radius 1 is 1.23 bits per heavy atom. The molecule has 7 heteroatoms. The lowest BCUT2D eigenvalue weighted by atomic mass is 9.98. The maximum atomic E-state index is 13.1. The van der Waals surface area contributed by atoms with E-state index in [0.29, 0.717) is 12.1 Å². The highest BCUT2D eigenvalue weighted by Gasteiger charge is 2.31. The number of nitrogens with zero attached hydrogens (tertiary/aromatic N) is 3. The first-order valence-electron chi connectivity index (χ1n) is 9.32. The van der Waals surface area contributed by atoms with Crippen LogP contribution < -0.4 is 0 Å². The highest BCUT2D eigenvalue weighted by atomic mass is 16.5. The van der Waals surface area contributed by atoms with Crippen LogP contribution in [0.5, 0.6) is 0 Å². The first-order chi connectivity index (χ1) is 12.7. The van der Waals surface area contributed by atoms with Gasteiger partial charge in [-0.25, -0.2) is 0 Å². The summed E-state index contributed by atoms with van der Waals surface area (Å²) in [5.74, 6) is 1.60. The monoisotopic (exact) mass is 359 g/mol. The molecule has 2 aliphatic heterocycles. The Morgan fingerprint density at radius 3 is 2.85 bits per heavy atom. The lowest BCUT2D eigenvalue weighted by molar-refractivity contribution is 0.0313. The van der Waals surface area contributed by atoms with Gasteiger partial charge in [-0.15, -0.1) is 0 Å². The van der Waals surface area contributed by atoms with Crippen molar-refractivity contribution in [2.24, 2.45) is 0 Å². The van der Waals surface area contributed by atoms with Crippen LogP contribution in [0, 0.1) is 6.92 Å². The van der Waals surface area contributed by atoms with Gasteiger partial charge in [0.1, 0.15) is 23.5 Å². The molecule has 1 amide bonds. The zero-order valence-corrected chi connectivity index (χ0v) is 15.1. The van der Waals surface area contributed by atoms with E-state index in [-0.39, 0.29) is 11.9 Å². The van der Waals surface area contributed by atoms with Gasteiger partial charge in [0.25, 0.3) is 5.91 Å². The molecule has 2 aromatic rings. The van der Waals surface area contributed by atoms with Gasteiger partial charge in [-0.1, -0.05) is 5.16 Å². The van der Waals surface area contributed by atoms with Crippen LogP contribution in [-0.2, 0) is 11.3 Å². The van der Waals surface area contributed by atoms with Crippen molar-refractivity contribution in [1.29, 1.82) is 0 Å². The molecule has 7 nitrogen and oxygen atoms in total. The molecule has 0 spiro atoms. The average Bonchev–Trinajstić information content (AvgIpc) is 3.31. The quantitative estimate of drug-likeness (QED) is 0.836. The average molecular weight is 359 g/mol. The van der Waals surface area contributed by atoms with E-state index in [1.807, 2.05) is 24.0 Å². The molecule has 2 saturated heterocycles. The highest BCUT2D eigenvalue weighted by molar-refractivity contribution is 5.94. The summed E-state index contributed by atoms with van der Waals surface area (Å²) in [6, 6.07) is 3.78. The maximum absolute atomic E-state index is 13.1. The molecule has 0 N–H and O–H groups in total. The summed E-state index contributed by atoms with van der Waals surface area (Å²) in [4.78, 5) is 17.3. The molecule has 0 aromatic carbocycles. The Balaban J connectivity index is 1.47. The molecular formula is C19H25N3O4. The van der Waals surface area contributed by atoms with Crippen LogP contribution in [0.3, 0.4) is 0 Å². The summed E-state index contributed by atoms with van der Waals surface area (Å²) in [6.45, 7) is 6.60. The number of piperidine rings is 1. The van der Waals surface area contributed by atoms with E-state index in [9.17, 15) is 4.79 Å². The highest BCUT2D eigenvalue weighted by Crippen LogP contribution is 2.32. The van der Waals surface area contributed by atoms with Crippen molar-refractivity contribution in [2.75, 3.05) is 32.8 Å². The van der Waals surface area contributed by atoms with Gasteiger partial charge in [0.15, 0.2) is 0 Å². The second-order valence-electron chi connectivity index (χ2n) is 7.06. The summed E-state index contributed by atoms with van der Waals surface area (Å²) in [7, 11) is 0. The van der Waals surface area contributed by atoms with Gasteiger partial charge in [0.2, 0.25) is 0 Å². The molecule has 26 heavy (non-hydrogen) atoms. The number of hydrogen-bond donors (Lipinski definition) is 0. The number of aromatic nitrogens is 1. The summed E-state index contributed by atoms with van der Waals surface area (Å²) >= 11 is 0. The minimum atomic E-state index is -0.0220. The molecule has 0 radical (unpaired) electrons. The molecule has 0 aliphatic carbocycles. The van der Waals surface area contributed by atoms with Gasteiger partial charge in [-0.05, 0) is 32.3 Å². The smallest absolute Gasteiger partial charge is 0.257 e. The fraction of sp³-hybridized carbons (Fsp3) is 0.579. The normalized spacial score (nSPS) is 21.9. The molecular weight excluding hydrogens is 334 g/mol. The van der Waals surface area contributed by atoms with Crippen molar-refractivity contribution < 1.29 is 18.5 Å². The van der Waals surface area contributed by atoms with Crippen LogP contribution in [-0.4, -0.2) is 53.7 Å². The first-order valence-corrected chi connectivity index (χ1v) is 9.32. The molecule has 0 bridgehead atoms. The van der Waals surface area contributed by atoms with Crippen LogP contribution >= 0.6 is 0 Å². The third-order valence-corrected chi connectivity index (χ3v) is 5.14. The number of morpholine rings is 1. The molecule has 0 saturated carbocycles. The van der Waals surface area contributed by atoms with E-state index in [1.165, 1.54) is 0 Å². The van der Waals surface area contributed by atoms with Crippen LogP contribution in [0.1, 0.15) is 52.9 Å². The SMILES string of the molecule is Cc1cc([C@H]2CCCCN2C(=O)c2coc(CN3CCOCC3)c2)no1. The van der Waals surface area contributed by atoms with Crippen molar-refractivity contribution >= 4 is 5.91 Å². The Kier molecular flexibility index (Phi) is 5.08. The van der Waals surface area contributed by atoms with Gasteiger partial charge >= 0.3 is 0 Å². The van der Waals surface area contributed by atoms with Crippen LogP contribution in [0.25, 0.3) is 0 Å². The summed E-state index contributed by atoms with van der Waals surface area (Å²) in [5.41, 5.74) is 1.45. The van der Waals surface area contributed by atoms with E-state index in [4.69, 9.17) is 13.7 Å². The maximum Gasteiger partial charge on any atom is 0.257 e. The lowest BCUT2D eigenvalue weighted by Crippen LogP contribution is -2.38. The van der Waals surface area contributed by atoms with Crippen molar-refractivity contribution in [1.82, 2.24) is 15.0 Å². The molecule has 4 rings (SSSR count). The standard InChI is InChI=1S/C19H25N3O4/c1-14-10-17(20-26-14)18-4-2-3-5-22(18)19(23)15-11-16(25-13-15)12-21-6-8-24-9-7-21/h10-11,13,18H,2-9,12H2,1H3/t18-/m1/s1. The van der Waals surface area contributed by atoms with Gasteiger partial charge in [-0.3, -0.25) is 9.69 Å². The summed E-state index contributed by atoms with van der Waals surface area (Å²) in [5, 5.41) is 4.14. The number of aryl methyl sites for hydroxylation is 1. The number of carbonyl (C=O) groups excluding carboxylic acids is 1. The van der Waals surface area contributed by atoms with Gasteiger partial charge < -0.3 is 18.6 Å². The van der Waals surface area contributed by atoms with Crippen molar-refractivity contribution in [2.45, 2.75) is 38.8 Å². The van der Waals surface area contributed by atoms with E-state index >= 15 is 0 Å². The summed E-state index contributed by atoms with van der Waals surface area (Å²) in [6.07, 6.45) is 4.60. The fourth-order valence-corrected chi connectivity index (χ4v) is 3.75. The van der Waals surface area contributed by atoms with Crippen molar-refractivity contribution in [3.8, 4) is 0 Å². The molecule has 2 aromatic heterocycles. The van der Waals surface area contributed by atoms with Crippen LogP contribution in [0.2, 0.25) is 0 Å². The molecule has 4 heterocycles. The molecule has 0 unspecified atom stereocenters. The van der Waals surface area contributed by atoms with Gasteiger partial charge in [0, 0.05) is 25.7 Å². The zero-order chi connectivity index (χ0) is 17.9. The van der Waals surface area contributed by atoms with Crippen LogP contribution in [0.4, 0.5) is 0 Å². The minimum absolute atomic E-state index is 0.00679. The number of carbonyl (C=O) groups is 1. The summed E-state index contributed by atoms with van der Waals surface area (Å²) < 4.78 is 16.2. The topological polar surface area (TPSA) is 72.0 Å². The van der Waals surface area contributed by atoms with E-state index in [1.54, 1.807) is 6.26 Å². The molecule has 2 aliphatic rings. The van der Waals surface area contributed by atoms with Gasteiger partial charge in [-0.2, -0.15) is 0 Å². The largest absolute Gasteiger partial charge is 0.467 e. The fourth-order valence-electron chi connectivity index (χ4n) is 3.75. The molecule has 140 valence electrons. The molecule has 2 fully saturated rings. The third-order valence-electron chi connectivity index (χ3n) is 5.14. The Labute approximate surface area is 152 Å². The Morgan fingerprint density at radius 2 is 2.08 bits per heavy atom. The minimum Gasteiger partial charge on any atom is -0.467 e. The van der Waals surface area contributed by atoms with Gasteiger partial charge in [0.05, 0.1) is 31.4 Å². The predicted molar refractivity (Wildman–Crippen MR) is 93.7 cm³/mol. The van der Waals surface area contributed by atoms with Crippen molar-refractivity contribution in [3.63, 3.8) is 0 Å². The zero-order valence-electron chi connectivity index (χ0n) is 15.1. The number of ether oxygens (including phenoxy) is 1. The predicted octanol–water partition coefficient (Wildman–Crippen LogP) is 2.78. The number of furan rings is 1. The number of hydrogen-bond acceptors (Lipinski definition) is 6. The molecule has 1 atom stereocenters. The van der Waals surface area contributed by atoms with E-state index < -0.39 is 0 Å². The van der Waals surface area contributed by atoms with Crippen molar-refractivity contribution in [3.05, 3.63) is 41.2 Å². The second kappa shape index (κ2) is 7.63. The number of amides is 1. The Bertz CT molecular complexity index is 748. The third kappa shape index (κ3) is 3.68.